The molecule has 0 unspecified atom stereocenters. The van der Waals surface area contributed by atoms with Gasteiger partial charge in [-0.2, -0.15) is 0 Å². The number of benzene rings is 2. The molecular weight excluding hydrogens is 326 g/mol. The number of anilines is 1. The summed E-state index contributed by atoms with van der Waals surface area (Å²) < 4.78 is 1.46. The predicted molar refractivity (Wildman–Crippen MR) is 105 cm³/mol. The lowest BCUT2D eigenvalue weighted by Crippen LogP contribution is -2.31. The summed E-state index contributed by atoms with van der Waals surface area (Å²) in [6.07, 6.45) is 0.580. The molecule has 134 valence electrons. The molecule has 0 fully saturated rings. The zero-order valence-corrected chi connectivity index (χ0v) is 15.3. The van der Waals surface area contributed by atoms with Crippen molar-refractivity contribution in [2.75, 3.05) is 5.32 Å². The van der Waals surface area contributed by atoms with Gasteiger partial charge in [0.05, 0.1) is 10.9 Å². The average Bonchev–Trinajstić information content (AvgIpc) is 2.64. The quantitative estimate of drug-likeness (QED) is 0.763. The molecule has 0 aliphatic rings. The highest BCUT2D eigenvalue weighted by Crippen LogP contribution is 2.18. The molecule has 0 aliphatic carbocycles. The number of fused-ring (bicyclic) bond motifs is 1. The molecule has 0 saturated carbocycles. The topological polar surface area (TPSA) is 64.0 Å². The summed E-state index contributed by atoms with van der Waals surface area (Å²) in [4.78, 5) is 29.8. The van der Waals surface area contributed by atoms with E-state index in [9.17, 15) is 9.59 Å². The van der Waals surface area contributed by atoms with Crippen molar-refractivity contribution in [2.45, 2.75) is 39.7 Å². The van der Waals surface area contributed by atoms with Gasteiger partial charge in [-0.1, -0.05) is 45.0 Å². The summed E-state index contributed by atoms with van der Waals surface area (Å²) in [6, 6.07) is 15.0. The van der Waals surface area contributed by atoms with E-state index in [1.165, 1.54) is 4.57 Å². The molecule has 5 heteroatoms. The van der Waals surface area contributed by atoms with E-state index in [0.717, 1.165) is 11.3 Å². The Morgan fingerprint density at radius 1 is 1.15 bits per heavy atom. The van der Waals surface area contributed by atoms with Crippen molar-refractivity contribution in [3.05, 3.63) is 70.3 Å². The molecule has 0 bridgehead atoms. The summed E-state index contributed by atoms with van der Waals surface area (Å²) in [5.74, 6) is 0.755. The van der Waals surface area contributed by atoms with E-state index in [-0.39, 0.29) is 18.0 Å². The first-order valence-corrected chi connectivity index (χ1v) is 8.88. The Bertz CT molecular complexity index is 1010. The van der Waals surface area contributed by atoms with Crippen LogP contribution in [0.3, 0.4) is 0 Å². The Morgan fingerprint density at radius 3 is 2.65 bits per heavy atom. The van der Waals surface area contributed by atoms with Crippen LogP contribution in [-0.2, 0) is 17.8 Å². The van der Waals surface area contributed by atoms with E-state index in [0.29, 0.717) is 29.1 Å². The van der Waals surface area contributed by atoms with E-state index < -0.39 is 0 Å². The number of carbonyl (C=O) groups is 1. The highest BCUT2D eigenvalue weighted by atomic mass is 16.2. The molecule has 1 N–H and O–H groups in total. The number of nitrogens with one attached hydrogen (secondary N) is 1. The first-order chi connectivity index (χ1) is 12.5. The minimum absolute atomic E-state index is 0.0499. The monoisotopic (exact) mass is 349 g/mol. The largest absolute Gasteiger partial charge is 0.325 e. The van der Waals surface area contributed by atoms with Gasteiger partial charge in [-0.05, 0) is 35.7 Å². The van der Waals surface area contributed by atoms with Crippen molar-refractivity contribution >= 4 is 22.5 Å². The number of amides is 1. The number of nitrogens with zero attached hydrogens (tertiary/aromatic N) is 2. The molecule has 1 aromatic heterocycles. The fraction of sp³-hybridized carbons (Fsp3) is 0.286. The van der Waals surface area contributed by atoms with Crippen molar-refractivity contribution in [2.24, 2.45) is 0 Å². The second-order valence-electron chi connectivity index (χ2n) is 6.62. The first-order valence-electron chi connectivity index (χ1n) is 8.88. The summed E-state index contributed by atoms with van der Waals surface area (Å²) >= 11 is 0. The average molecular weight is 349 g/mol. The Balaban J connectivity index is 1.88. The summed E-state index contributed by atoms with van der Waals surface area (Å²) in [5.41, 5.74) is 2.37. The minimum Gasteiger partial charge on any atom is -0.325 e. The van der Waals surface area contributed by atoms with Crippen LogP contribution in [-0.4, -0.2) is 15.5 Å². The van der Waals surface area contributed by atoms with Gasteiger partial charge in [-0.25, -0.2) is 4.98 Å². The van der Waals surface area contributed by atoms with Crippen molar-refractivity contribution in [3.63, 3.8) is 0 Å². The van der Waals surface area contributed by atoms with Gasteiger partial charge in [0, 0.05) is 12.1 Å². The lowest BCUT2D eigenvalue weighted by molar-refractivity contribution is -0.116. The third kappa shape index (κ3) is 3.67. The van der Waals surface area contributed by atoms with Crippen LogP contribution >= 0.6 is 0 Å². The van der Waals surface area contributed by atoms with Gasteiger partial charge < -0.3 is 5.32 Å². The number of hydrogen-bond donors (Lipinski definition) is 1. The number of para-hydroxylation sites is 1. The van der Waals surface area contributed by atoms with Gasteiger partial charge in [0.15, 0.2) is 0 Å². The van der Waals surface area contributed by atoms with Crippen LogP contribution in [0.5, 0.6) is 0 Å². The molecule has 0 saturated heterocycles. The predicted octanol–water partition coefficient (Wildman–Crippen LogP) is 3.72. The van der Waals surface area contributed by atoms with E-state index in [1.54, 1.807) is 12.1 Å². The van der Waals surface area contributed by atoms with E-state index in [2.05, 4.69) is 24.1 Å². The van der Waals surface area contributed by atoms with Gasteiger partial charge in [-0.15, -0.1) is 0 Å². The highest BCUT2D eigenvalue weighted by Gasteiger charge is 2.13. The fourth-order valence-electron chi connectivity index (χ4n) is 2.97. The normalized spacial score (nSPS) is 11.1. The Kier molecular flexibility index (Phi) is 5.16. The Hall–Kier alpha value is -2.95. The van der Waals surface area contributed by atoms with Crippen molar-refractivity contribution in [1.82, 2.24) is 9.55 Å². The molecule has 5 nitrogen and oxygen atoms in total. The van der Waals surface area contributed by atoms with Gasteiger partial charge in [0.25, 0.3) is 5.56 Å². The van der Waals surface area contributed by atoms with Crippen molar-refractivity contribution in [1.29, 1.82) is 0 Å². The lowest BCUT2D eigenvalue weighted by atomic mass is 10.0. The van der Waals surface area contributed by atoms with Gasteiger partial charge in [-0.3, -0.25) is 14.2 Å². The maximum atomic E-state index is 12.8. The van der Waals surface area contributed by atoms with Gasteiger partial charge >= 0.3 is 0 Å². The van der Waals surface area contributed by atoms with Crippen LogP contribution in [0.1, 0.15) is 38.1 Å². The minimum atomic E-state index is -0.236. The first kappa shape index (κ1) is 17.9. The van der Waals surface area contributed by atoms with Crippen molar-refractivity contribution in [3.8, 4) is 0 Å². The maximum absolute atomic E-state index is 12.8. The highest BCUT2D eigenvalue weighted by molar-refractivity contribution is 5.91. The molecule has 0 atom stereocenters. The zero-order valence-electron chi connectivity index (χ0n) is 15.3. The zero-order chi connectivity index (χ0) is 18.7. The lowest BCUT2D eigenvalue weighted by Gasteiger charge is -2.13. The van der Waals surface area contributed by atoms with Gasteiger partial charge in [0.2, 0.25) is 5.91 Å². The van der Waals surface area contributed by atoms with Crippen LogP contribution < -0.4 is 10.9 Å². The second kappa shape index (κ2) is 7.52. The molecule has 1 heterocycles. The standard InChI is InChI=1S/C21H23N3O2/c1-4-19-23-18-11-6-5-10-17(18)21(26)24(19)13-20(25)22-16-9-7-8-15(12-16)14(2)3/h5-12,14H,4,13H2,1-3H3,(H,22,25). The smallest absolute Gasteiger partial charge is 0.261 e. The molecule has 2 aromatic carbocycles. The number of carbonyl (C=O) groups excluding carboxylic acids is 1. The number of aromatic nitrogens is 2. The molecule has 0 aliphatic heterocycles. The Labute approximate surface area is 152 Å². The third-order valence-corrected chi connectivity index (χ3v) is 4.40. The molecular formula is C21H23N3O2. The second-order valence-corrected chi connectivity index (χ2v) is 6.62. The summed E-state index contributed by atoms with van der Waals surface area (Å²) in [7, 11) is 0. The molecule has 3 rings (SSSR count). The van der Waals surface area contributed by atoms with E-state index in [4.69, 9.17) is 0 Å². The molecule has 1 amide bonds. The van der Waals surface area contributed by atoms with Crippen LogP contribution in [0, 0.1) is 0 Å². The number of rotatable bonds is 5. The molecule has 0 spiro atoms. The maximum Gasteiger partial charge on any atom is 0.261 e. The third-order valence-electron chi connectivity index (χ3n) is 4.40. The number of hydrogen-bond acceptors (Lipinski definition) is 3. The number of aryl methyl sites for hydroxylation is 1. The summed E-state index contributed by atoms with van der Waals surface area (Å²) in [5, 5.41) is 3.41. The Morgan fingerprint density at radius 2 is 1.92 bits per heavy atom. The van der Waals surface area contributed by atoms with Gasteiger partial charge in [0.1, 0.15) is 12.4 Å². The van der Waals surface area contributed by atoms with Crippen LogP contribution in [0.2, 0.25) is 0 Å². The van der Waals surface area contributed by atoms with Crippen LogP contribution in [0.4, 0.5) is 5.69 Å². The van der Waals surface area contributed by atoms with Crippen LogP contribution in [0.25, 0.3) is 10.9 Å². The van der Waals surface area contributed by atoms with Crippen molar-refractivity contribution < 1.29 is 4.79 Å². The SMILES string of the molecule is CCc1nc2ccccc2c(=O)n1CC(=O)Nc1cccc(C(C)C)c1. The van der Waals surface area contributed by atoms with E-state index >= 15 is 0 Å². The fourth-order valence-corrected chi connectivity index (χ4v) is 2.97. The van der Waals surface area contributed by atoms with Crippen LogP contribution in [0.15, 0.2) is 53.3 Å². The van der Waals surface area contributed by atoms with E-state index in [1.807, 2.05) is 43.3 Å². The molecule has 26 heavy (non-hydrogen) atoms. The summed E-state index contributed by atoms with van der Waals surface area (Å²) in [6.45, 7) is 6.09. The molecule has 3 aromatic rings. The molecule has 0 radical (unpaired) electrons.